The summed E-state index contributed by atoms with van der Waals surface area (Å²) in [6, 6.07) is 11.2. The Morgan fingerprint density at radius 1 is 1.10 bits per heavy atom. The number of nitrogen functional groups attached to an aromatic ring is 1. The molecule has 0 aliphatic carbocycles. The van der Waals surface area contributed by atoms with Crippen LogP contribution in [-0.4, -0.2) is 55.7 Å². The molecule has 0 bridgehead atoms. The number of phenolic OH excluding ortho intramolecular Hbond substituents is 2. The monoisotopic (exact) mass is 597 g/mol. The van der Waals surface area contributed by atoms with Gasteiger partial charge in [-0.1, -0.05) is 53.5 Å². The highest BCUT2D eigenvalue weighted by molar-refractivity contribution is 9.09. The SMILES string of the molecule is CCCCc1nc2c(N)nc3cc(CCCOCCCNC(=O)CBr)ccc3c2n1Cc1cccc(O)c1O. The van der Waals surface area contributed by atoms with Crippen LogP contribution >= 0.6 is 15.9 Å². The van der Waals surface area contributed by atoms with E-state index in [1.54, 1.807) is 12.1 Å². The number of nitrogens with one attached hydrogen (secondary N) is 1. The van der Waals surface area contributed by atoms with Crippen molar-refractivity contribution in [3.63, 3.8) is 0 Å². The highest BCUT2D eigenvalue weighted by Gasteiger charge is 2.19. The van der Waals surface area contributed by atoms with Crippen molar-refractivity contribution < 1.29 is 19.7 Å². The summed E-state index contributed by atoms with van der Waals surface area (Å²) in [6.07, 6.45) is 5.25. The summed E-state index contributed by atoms with van der Waals surface area (Å²) in [5.74, 6) is 0.967. The molecular weight excluding hydrogens is 562 g/mol. The summed E-state index contributed by atoms with van der Waals surface area (Å²) in [5, 5.41) is 24.6. The number of nitrogens with zero attached hydrogens (tertiary/aromatic N) is 3. The lowest BCUT2D eigenvalue weighted by Crippen LogP contribution is -2.26. The summed E-state index contributed by atoms with van der Waals surface area (Å²) in [4.78, 5) is 20.8. The number of ether oxygens (including phenoxy) is 1. The van der Waals surface area contributed by atoms with E-state index in [4.69, 9.17) is 15.5 Å². The van der Waals surface area contributed by atoms with Gasteiger partial charge in [0.05, 0.1) is 22.9 Å². The van der Waals surface area contributed by atoms with E-state index < -0.39 is 0 Å². The van der Waals surface area contributed by atoms with Crippen LogP contribution in [0.4, 0.5) is 5.82 Å². The molecule has 0 saturated heterocycles. The first-order valence-corrected chi connectivity index (χ1v) is 14.5. The predicted octanol–water partition coefficient (Wildman–Crippen LogP) is 4.82. The molecular formula is C29H36BrN5O4. The topological polar surface area (TPSA) is 136 Å². The van der Waals surface area contributed by atoms with E-state index in [0.29, 0.717) is 48.5 Å². The number of hydrogen-bond acceptors (Lipinski definition) is 7. The fraction of sp³-hybridized carbons (Fsp3) is 0.414. The molecule has 0 spiro atoms. The van der Waals surface area contributed by atoms with Crippen LogP contribution in [0.15, 0.2) is 36.4 Å². The van der Waals surface area contributed by atoms with Gasteiger partial charge in [-0.25, -0.2) is 9.97 Å². The van der Waals surface area contributed by atoms with Crippen LogP contribution in [0.2, 0.25) is 0 Å². The number of halogens is 1. The van der Waals surface area contributed by atoms with Gasteiger partial charge >= 0.3 is 0 Å². The lowest BCUT2D eigenvalue weighted by atomic mass is 10.1. The number of phenols is 2. The molecule has 0 radical (unpaired) electrons. The Morgan fingerprint density at radius 2 is 1.92 bits per heavy atom. The number of aromatic nitrogens is 3. The van der Waals surface area contributed by atoms with Gasteiger partial charge in [0.15, 0.2) is 17.3 Å². The van der Waals surface area contributed by atoms with Crippen LogP contribution in [0.5, 0.6) is 11.5 Å². The molecule has 0 unspecified atom stereocenters. The van der Waals surface area contributed by atoms with Crippen LogP contribution < -0.4 is 11.1 Å². The normalized spacial score (nSPS) is 11.4. The van der Waals surface area contributed by atoms with Crippen LogP contribution in [0, 0.1) is 0 Å². The number of aromatic hydroxyl groups is 2. The largest absolute Gasteiger partial charge is 0.504 e. The second kappa shape index (κ2) is 13.6. The Morgan fingerprint density at radius 3 is 2.72 bits per heavy atom. The second-order valence-corrected chi connectivity index (χ2v) is 10.2. The number of nitrogens with two attached hydrogens (primary N) is 1. The number of unbranched alkanes of at least 4 members (excludes halogenated alkanes) is 1. The smallest absolute Gasteiger partial charge is 0.230 e. The Labute approximate surface area is 236 Å². The molecule has 0 saturated carbocycles. The molecule has 208 valence electrons. The number of fused-ring (bicyclic) bond motifs is 3. The molecule has 1 amide bonds. The minimum atomic E-state index is -0.145. The van der Waals surface area contributed by atoms with E-state index in [0.717, 1.165) is 66.3 Å². The van der Waals surface area contributed by atoms with Gasteiger partial charge in [0, 0.05) is 37.1 Å². The van der Waals surface area contributed by atoms with Crippen LogP contribution in [0.1, 0.15) is 49.6 Å². The van der Waals surface area contributed by atoms with Gasteiger partial charge in [0.25, 0.3) is 0 Å². The van der Waals surface area contributed by atoms with E-state index in [1.165, 1.54) is 6.07 Å². The highest BCUT2D eigenvalue weighted by atomic mass is 79.9. The highest BCUT2D eigenvalue weighted by Crippen LogP contribution is 2.34. The van der Waals surface area contributed by atoms with Crippen molar-refractivity contribution in [2.24, 2.45) is 0 Å². The number of rotatable bonds is 14. The van der Waals surface area contributed by atoms with Crippen molar-refractivity contribution in [1.82, 2.24) is 19.9 Å². The third-order valence-electron chi connectivity index (χ3n) is 6.69. The number of anilines is 1. The number of carbonyl (C=O) groups is 1. The fourth-order valence-electron chi connectivity index (χ4n) is 4.66. The Balaban J connectivity index is 1.53. The first-order valence-electron chi connectivity index (χ1n) is 13.4. The quantitative estimate of drug-likeness (QED) is 0.0929. The zero-order valence-corrected chi connectivity index (χ0v) is 23.8. The molecule has 10 heteroatoms. The van der Waals surface area contributed by atoms with E-state index in [1.807, 2.05) is 0 Å². The van der Waals surface area contributed by atoms with Crippen molar-refractivity contribution in [3.8, 4) is 11.5 Å². The zero-order valence-electron chi connectivity index (χ0n) is 22.3. The molecule has 2 aromatic carbocycles. The number of aryl methyl sites for hydroxylation is 2. The standard InChI is InChI=1S/C29H36BrN5O4/c1-2-3-10-24-34-26-27(35(24)18-20-8-4-9-23(36)28(20)38)21-12-11-19(16-22(21)33-29(26)31)7-5-14-39-15-6-13-32-25(37)17-30/h4,8-9,11-12,16,36,38H,2-3,5-7,10,13-15,17-18H2,1H3,(H2,31,33)(H,32,37). The lowest BCUT2D eigenvalue weighted by molar-refractivity contribution is -0.118. The Hall–Kier alpha value is -3.37. The molecule has 5 N–H and O–H groups in total. The van der Waals surface area contributed by atoms with Crippen LogP contribution in [0.25, 0.3) is 21.9 Å². The maximum absolute atomic E-state index is 11.2. The summed E-state index contributed by atoms with van der Waals surface area (Å²) in [7, 11) is 0. The van der Waals surface area contributed by atoms with E-state index in [9.17, 15) is 15.0 Å². The van der Waals surface area contributed by atoms with Gasteiger partial charge in [-0.05, 0) is 43.4 Å². The predicted molar refractivity (Wildman–Crippen MR) is 157 cm³/mol. The Bertz CT molecular complexity index is 1440. The molecule has 2 heterocycles. The van der Waals surface area contributed by atoms with Crippen LogP contribution in [-0.2, 0) is 28.9 Å². The third-order valence-corrected chi connectivity index (χ3v) is 7.20. The molecule has 4 rings (SSSR count). The van der Waals surface area contributed by atoms with E-state index in [2.05, 4.69) is 55.9 Å². The van der Waals surface area contributed by atoms with Gasteiger partial charge < -0.3 is 30.6 Å². The minimum absolute atomic E-state index is 0.0180. The molecule has 0 atom stereocenters. The number of pyridine rings is 1. The second-order valence-electron chi connectivity index (χ2n) is 9.60. The number of imidazole rings is 1. The number of carbonyl (C=O) groups excluding carboxylic acids is 1. The van der Waals surface area contributed by atoms with Gasteiger partial charge in [-0.15, -0.1) is 0 Å². The average Bonchev–Trinajstić information content (AvgIpc) is 3.30. The van der Waals surface area contributed by atoms with Gasteiger partial charge in [-0.2, -0.15) is 0 Å². The molecule has 4 aromatic rings. The fourth-order valence-corrected chi connectivity index (χ4v) is 4.86. The van der Waals surface area contributed by atoms with Gasteiger partial charge in [0.1, 0.15) is 11.3 Å². The number of alkyl halides is 1. The third kappa shape index (κ3) is 6.99. The van der Waals surface area contributed by atoms with Gasteiger partial charge in [0.2, 0.25) is 5.91 Å². The number of amides is 1. The lowest BCUT2D eigenvalue weighted by Gasteiger charge is -2.13. The summed E-state index contributed by atoms with van der Waals surface area (Å²) in [6.45, 7) is 4.35. The average molecular weight is 599 g/mol. The molecule has 0 aliphatic rings. The molecule has 0 aliphatic heterocycles. The van der Waals surface area contributed by atoms with E-state index >= 15 is 0 Å². The summed E-state index contributed by atoms with van der Waals surface area (Å²) in [5.41, 5.74) is 10.5. The Kier molecular flexibility index (Phi) is 10.00. The van der Waals surface area contributed by atoms with Crippen molar-refractivity contribution in [1.29, 1.82) is 0 Å². The zero-order chi connectivity index (χ0) is 27.8. The maximum Gasteiger partial charge on any atom is 0.230 e. The summed E-state index contributed by atoms with van der Waals surface area (Å²) < 4.78 is 7.80. The number of benzene rings is 2. The molecule has 2 aromatic heterocycles. The van der Waals surface area contributed by atoms with Crippen molar-refractivity contribution in [3.05, 3.63) is 53.3 Å². The number of para-hydroxylation sites is 1. The van der Waals surface area contributed by atoms with Crippen molar-refractivity contribution >= 4 is 49.6 Å². The first kappa shape index (κ1) is 28.6. The number of hydrogen-bond donors (Lipinski definition) is 4. The summed E-state index contributed by atoms with van der Waals surface area (Å²) >= 11 is 3.13. The van der Waals surface area contributed by atoms with Crippen LogP contribution in [0.3, 0.4) is 0 Å². The molecule has 39 heavy (non-hydrogen) atoms. The first-order chi connectivity index (χ1) is 18.9. The molecule has 9 nitrogen and oxygen atoms in total. The molecule has 0 fully saturated rings. The van der Waals surface area contributed by atoms with Crippen molar-refractivity contribution in [2.75, 3.05) is 30.8 Å². The van der Waals surface area contributed by atoms with E-state index in [-0.39, 0.29) is 17.4 Å². The minimum Gasteiger partial charge on any atom is -0.504 e. The maximum atomic E-state index is 11.2. The van der Waals surface area contributed by atoms with Crippen molar-refractivity contribution in [2.45, 2.75) is 52.0 Å². The van der Waals surface area contributed by atoms with Gasteiger partial charge in [-0.3, -0.25) is 4.79 Å².